The minimum atomic E-state index is -1.08. The molecule has 0 atom stereocenters. The highest BCUT2D eigenvalue weighted by Crippen LogP contribution is 2.24. The molecule has 1 heterocycles. The first-order valence-corrected chi connectivity index (χ1v) is 6.99. The van der Waals surface area contributed by atoms with E-state index in [0.29, 0.717) is 0 Å². The maximum absolute atomic E-state index is 11.0. The number of aromatic carboxylic acids is 1. The fourth-order valence-corrected chi connectivity index (χ4v) is 2.55. The molecule has 0 unspecified atom stereocenters. The summed E-state index contributed by atoms with van der Waals surface area (Å²) in [5.41, 5.74) is 10.4. The summed E-state index contributed by atoms with van der Waals surface area (Å²) in [5, 5.41) is 12.9. The molecule has 8 heteroatoms. The largest absolute Gasteiger partial charge is 0.478 e. The van der Waals surface area contributed by atoms with Crippen molar-refractivity contribution in [1.29, 1.82) is 0 Å². The fraction of sp³-hybridized carbons (Fsp3) is 0.133. The van der Waals surface area contributed by atoms with Crippen molar-refractivity contribution >= 4 is 29.8 Å². The van der Waals surface area contributed by atoms with Gasteiger partial charge in [0, 0.05) is 22.6 Å². The van der Waals surface area contributed by atoms with Crippen LogP contribution in [-0.2, 0) is 0 Å². The van der Waals surface area contributed by atoms with E-state index in [4.69, 9.17) is 22.4 Å². The number of nitrogens with zero attached hydrogens (tertiary/aromatic N) is 2. The van der Waals surface area contributed by atoms with E-state index in [0.717, 1.165) is 22.6 Å². The summed E-state index contributed by atoms with van der Waals surface area (Å²) < 4.78 is 1.91. The first-order valence-electron chi connectivity index (χ1n) is 6.62. The van der Waals surface area contributed by atoms with Crippen molar-refractivity contribution in [3.8, 4) is 5.69 Å². The maximum atomic E-state index is 11.0. The predicted molar refractivity (Wildman–Crippen MR) is 87.5 cm³/mol. The van der Waals surface area contributed by atoms with Crippen molar-refractivity contribution in [3.63, 3.8) is 0 Å². The minimum Gasteiger partial charge on any atom is -0.478 e. The van der Waals surface area contributed by atoms with Gasteiger partial charge in [-0.3, -0.25) is 0 Å². The van der Waals surface area contributed by atoms with Crippen molar-refractivity contribution in [2.24, 2.45) is 10.8 Å². The normalized spacial score (nSPS) is 10.9. The lowest BCUT2D eigenvalue weighted by atomic mass is 10.2. The molecule has 23 heavy (non-hydrogen) atoms. The van der Waals surface area contributed by atoms with Gasteiger partial charge in [-0.2, -0.15) is 5.10 Å². The third-order valence-electron chi connectivity index (χ3n) is 3.29. The topological polar surface area (TPSA) is 110 Å². The first kappa shape index (κ1) is 16.6. The van der Waals surface area contributed by atoms with Crippen LogP contribution in [0.3, 0.4) is 0 Å². The van der Waals surface area contributed by atoms with Gasteiger partial charge in [0.15, 0.2) is 0 Å². The third-order valence-corrected chi connectivity index (χ3v) is 3.60. The standard InChI is InChI=1S/C15H15ClN4O3/c1-8-5-10(7-18-19-15(17)23)9(2)20(8)11-3-4-12(14(21)22)13(16)6-11/h3-7H,1-2H3,(H,21,22)(H3,17,19,23)/b18-7-. The summed E-state index contributed by atoms with van der Waals surface area (Å²) >= 11 is 6.02. The molecule has 0 spiro atoms. The minimum absolute atomic E-state index is 0.0466. The number of hydrazone groups is 1. The second-order valence-corrected chi connectivity index (χ2v) is 5.27. The highest BCUT2D eigenvalue weighted by Gasteiger charge is 2.13. The van der Waals surface area contributed by atoms with Gasteiger partial charge in [-0.1, -0.05) is 11.6 Å². The molecule has 0 saturated carbocycles. The van der Waals surface area contributed by atoms with Crippen LogP contribution in [0.1, 0.15) is 27.3 Å². The number of nitrogens with one attached hydrogen (secondary N) is 1. The van der Waals surface area contributed by atoms with Gasteiger partial charge in [-0.05, 0) is 38.1 Å². The second kappa shape index (κ2) is 6.53. The molecule has 0 aliphatic carbocycles. The van der Waals surface area contributed by atoms with E-state index in [1.807, 2.05) is 24.5 Å². The maximum Gasteiger partial charge on any atom is 0.337 e. The lowest BCUT2D eigenvalue weighted by molar-refractivity contribution is 0.0697. The Labute approximate surface area is 137 Å². The fourth-order valence-electron chi connectivity index (χ4n) is 2.30. The smallest absolute Gasteiger partial charge is 0.337 e. The van der Waals surface area contributed by atoms with E-state index in [2.05, 4.69) is 10.5 Å². The van der Waals surface area contributed by atoms with Crippen LogP contribution in [0.4, 0.5) is 4.79 Å². The Kier molecular flexibility index (Phi) is 4.71. The lowest BCUT2D eigenvalue weighted by Crippen LogP contribution is -2.24. The number of nitrogens with two attached hydrogens (primary N) is 1. The van der Waals surface area contributed by atoms with E-state index in [9.17, 15) is 9.59 Å². The quantitative estimate of drug-likeness (QED) is 0.590. The van der Waals surface area contributed by atoms with Gasteiger partial charge >= 0.3 is 12.0 Å². The number of rotatable bonds is 4. The van der Waals surface area contributed by atoms with Crippen LogP contribution in [0, 0.1) is 13.8 Å². The highest BCUT2D eigenvalue weighted by molar-refractivity contribution is 6.33. The number of halogens is 1. The molecular weight excluding hydrogens is 320 g/mol. The van der Waals surface area contributed by atoms with E-state index in [1.54, 1.807) is 12.1 Å². The van der Waals surface area contributed by atoms with Crippen molar-refractivity contribution in [2.75, 3.05) is 0 Å². The number of carboxylic acid groups (broad SMARTS) is 1. The van der Waals surface area contributed by atoms with Crippen LogP contribution in [0.2, 0.25) is 5.02 Å². The average molecular weight is 335 g/mol. The van der Waals surface area contributed by atoms with Gasteiger partial charge in [0.25, 0.3) is 0 Å². The number of carboxylic acids is 1. The summed E-state index contributed by atoms with van der Waals surface area (Å²) in [7, 11) is 0. The van der Waals surface area contributed by atoms with Crippen molar-refractivity contribution in [1.82, 2.24) is 9.99 Å². The molecule has 120 valence electrons. The van der Waals surface area contributed by atoms with Gasteiger partial charge in [0.2, 0.25) is 0 Å². The summed E-state index contributed by atoms with van der Waals surface area (Å²) in [6.07, 6.45) is 1.48. The molecule has 0 fully saturated rings. The van der Waals surface area contributed by atoms with E-state index >= 15 is 0 Å². The monoisotopic (exact) mass is 334 g/mol. The Hall–Kier alpha value is -2.80. The molecule has 2 aromatic rings. The third kappa shape index (κ3) is 3.51. The molecule has 0 bridgehead atoms. The van der Waals surface area contributed by atoms with Crippen LogP contribution in [0.25, 0.3) is 5.69 Å². The first-order chi connectivity index (χ1) is 10.8. The van der Waals surface area contributed by atoms with Crippen molar-refractivity contribution in [3.05, 3.63) is 51.8 Å². The number of carbonyl (C=O) groups excluding carboxylic acids is 1. The molecule has 1 aromatic heterocycles. The Morgan fingerprint density at radius 2 is 2.04 bits per heavy atom. The summed E-state index contributed by atoms with van der Waals surface area (Å²) in [6.45, 7) is 3.77. The molecule has 0 saturated heterocycles. The SMILES string of the molecule is Cc1cc(/C=N\NC(N)=O)c(C)n1-c1ccc(C(=O)O)c(Cl)c1. The zero-order chi connectivity index (χ0) is 17.1. The van der Waals surface area contributed by atoms with Gasteiger partial charge < -0.3 is 15.4 Å². The lowest BCUT2D eigenvalue weighted by Gasteiger charge is -2.11. The zero-order valence-electron chi connectivity index (χ0n) is 12.5. The molecule has 1 aromatic carbocycles. The van der Waals surface area contributed by atoms with Crippen LogP contribution in [0.15, 0.2) is 29.4 Å². The summed E-state index contributed by atoms with van der Waals surface area (Å²) in [5.74, 6) is -1.08. The number of carbonyl (C=O) groups is 2. The number of benzene rings is 1. The molecule has 0 radical (unpaired) electrons. The Morgan fingerprint density at radius 3 is 2.61 bits per heavy atom. The number of aryl methyl sites for hydroxylation is 1. The predicted octanol–water partition coefficient (Wildman–Crippen LogP) is 2.45. The van der Waals surface area contributed by atoms with Crippen molar-refractivity contribution < 1.29 is 14.7 Å². The van der Waals surface area contributed by atoms with E-state index < -0.39 is 12.0 Å². The Balaban J connectivity index is 2.43. The van der Waals surface area contributed by atoms with Gasteiger partial charge in [-0.15, -0.1) is 0 Å². The number of hydrogen-bond acceptors (Lipinski definition) is 3. The van der Waals surface area contributed by atoms with Gasteiger partial charge in [0.1, 0.15) is 0 Å². The summed E-state index contributed by atoms with van der Waals surface area (Å²) in [6, 6.07) is 5.86. The van der Waals surface area contributed by atoms with Crippen LogP contribution >= 0.6 is 11.6 Å². The number of aromatic nitrogens is 1. The Morgan fingerprint density at radius 1 is 1.35 bits per heavy atom. The number of amides is 2. The van der Waals surface area contributed by atoms with Gasteiger partial charge in [-0.25, -0.2) is 15.0 Å². The average Bonchev–Trinajstić information content (AvgIpc) is 2.72. The van der Waals surface area contributed by atoms with Crippen LogP contribution in [0.5, 0.6) is 0 Å². The Bertz CT molecular complexity index is 811. The second-order valence-electron chi connectivity index (χ2n) is 4.87. The zero-order valence-corrected chi connectivity index (χ0v) is 13.3. The van der Waals surface area contributed by atoms with Crippen LogP contribution < -0.4 is 11.2 Å². The van der Waals surface area contributed by atoms with E-state index in [1.165, 1.54) is 12.3 Å². The van der Waals surface area contributed by atoms with Gasteiger partial charge in [0.05, 0.1) is 16.8 Å². The number of urea groups is 1. The number of hydrogen-bond donors (Lipinski definition) is 3. The van der Waals surface area contributed by atoms with Crippen molar-refractivity contribution in [2.45, 2.75) is 13.8 Å². The molecular formula is C15H15ClN4O3. The highest BCUT2D eigenvalue weighted by atomic mass is 35.5. The molecule has 2 rings (SSSR count). The molecule has 4 N–H and O–H groups in total. The van der Waals surface area contributed by atoms with E-state index in [-0.39, 0.29) is 10.6 Å². The molecule has 0 aliphatic heterocycles. The molecule has 7 nitrogen and oxygen atoms in total. The number of primary amides is 1. The summed E-state index contributed by atoms with van der Waals surface area (Å²) in [4.78, 5) is 21.6. The van der Waals surface area contributed by atoms with Crippen LogP contribution in [-0.4, -0.2) is 27.9 Å². The molecule has 2 amide bonds. The molecule has 0 aliphatic rings.